The Bertz CT molecular complexity index is 677. The molecule has 1 aliphatic heterocycles. The van der Waals surface area contributed by atoms with Crippen molar-refractivity contribution in [1.82, 2.24) is 19.5 Å². The van der Waals surface area contributed by atoms with Gasteiger partial charge in [-0.3, -0.25) is 4.57 Å². The van der Waals surface area contributed by atoms with E-state index < -0.39 is 30.6 Å². The maximum atomic E-state index is 14.0. The monoisotopic (exact) mass is 283 g/mol. The molecule has 2 aromatic rings. The summed E-state index contributed by atoms with van der Waals surface area (Å²) in [5, 5.41) is 18.4. The summed E-state index contributed by atoms with van der Waals surface area (Å²) in [4.78, 5) is 22.4. The summed E-state index contributed by atoms with van der Waals surface area (Å²) < 4.78 is 20.2. The van der Waals surface area contributed by atoms with E-state index in [1.54, 1.807) is 0 Å². The molecule has 3 heterocycles. The fraction of sp³-hybridized carbons (Fsp3) is 0.400. The lowest BCUT2D eigenvalue weighted by Crippen LogP contribution is -2.34. The number of carbonyl (C=O) groups is 1. The first-order valence-corrected chi connectivity index (χ1v) is 5.64. The van der Waals surface area contributed by atoms with Crippen LogP contribution in [0, 0.1) is 0 Å². The molecule has 106 valence electrons. The van der Waals surface area contributed by atoms with Crippen molar-refractivity contribution in [3.05, 3.63) is 12.7 Å². The third-order valence-corrected chi connectivity index (χ3v) is 3.10. The van der Waals surface area contributed by atoms with Crippen molar-refractivity contribution in [3.8, 4) is 0 Å². The summed E-state index contributed by atoms with van der Waals surface area (Å²) in [6, 6.07) is 0. The Balaban J connectivity index is 2.04. The molecule has 4 atom stereocenters. The van der Waals surface area contributed by atoms with E-state index in [-0.39, 0.29) is 17.0 Å². The first kappa shape index (κ1) is 12.7. The number of ether oxygens (including phenoxy) is 1. The molecule has 20 heavy (non-hydrogen) atoms. The van der Waals surface area contributed by atoms with Crippen LogP contribution in [0.1, 0.15) is 6.23 Å². The van der Waals surface area contributed by atoms with Crippen LogP contribution >= 0.6 is 0 Å². The Morgan fingerprint density at radius 1 is 1.45 bits per heavy atom. The molecule has 0 radical (unpaired) electrons. The molecule has 0 spiro atoms. The van der Waals surface area contributed by atoms with E-state index in [2.05, 4.69) is 15.0 Å². The van der Waals surface area contributed by atoms with Crippen LogP contribution in [0.2, 0.25) is 0 Å². The van der Waals surface area contributed by atoms with Crippen LogP contribution in [0.5, 0.6) is 0 Å². The highest BCUT2D eigenvalue weighted by Crippen LogP contribution is 2.33. The molecular formula is C10H10FN5O4. The zero-order valence-electron chi connectivity index (χ0n) is 9.92. The van der Waals surface area contributed by atoms with E-state index in [4.69, 9.17) is 15.6 Å². The van der Waals surface area contributed by atoms with Crippen LogP contribution in [0.15, 0.2) is 12.7 Å². The topological polar surface area (TPSA) is 136 Å². The van der Waals surface area contributed by atoms with Crippen LogP contribution in [0.3, 0.4) is 0 Å². The number of anilines is 1. The Labute approximate surface area is 110 Å². The number of alkyl halides is 1. The van der Waals surface area contributed by atoms with Crippen molar-refractivity contribution in [2.45, 2.75) is 24.6 Å². The second-order valence-electron chi connectivity index (χ2n) is 4.30. The lowest BCUT2D eigenvalue weighted by atomic mass is 10.1. The molecule has 10 heteroatoms. The van der Waals surface area contributed by atoms with Gasteiger partial charge in [-0.2, -0.15) is 0 Å². The van der Waals surface area contributed by atoms with Crippen LogP contribution < -0.4 is 5.73 Å². The highest BCUT2D eigenvalue weighted by Gasteiger charge is 2.49. The Kier molecular flexibility index (Phi) is 2.76. The van der Waals surface area contributed by atoms with Gasteiger partial charge in [0, 0.05) is 0 Å². The van der Waals surface area contributed by atoms with E-state index in [0.29, 0.717) is 0 Å². The maximum Gasteiger partial charge on any atom is 0.335 e. The fourth-order valence-corrected chi connectivity index (χ4v) is 2.12. The second kappa shape index (κ2) is 4.35. The van der Waals surface area contributed by atoms with Gasteiger partial charge in [-0.15, -0.1) is 0 Å². The van der Waals surface area contributed by atoms with Crippen molar-refractivity contribution in [3.63, 3.8) is 0 Å². The summed E-state index contributed by atoms with van der Waals surface area (Å²) >= 11 is 0. The van der Waals surface area contributed by atoms with Gasteiger partial charge in [-0.1, -0.05) is 0 Å². The quantitative estimate of drug-likeness (QED) is 0.644. The van der Waals surface area contributed by atoms with E-state index in [0.717, 1.165) is 0 Å². The van der Waals surface area contributed by atoms with E-state index in [9.17, 15) is 14.3 Å². The van der Waals surface area contributed by atoms with Crippen LogP contribution in [0.4, 0.5) is 10.2 Å². The number of imidazole rings is 1. The number of nitrogens with two attached hydrogens (primary N) is 1. The number of nitrogens with zero attached hydrogens (tertiary/aromatic N) is 4. The van der Waals surface area contributed by atoms with Crippen molar-refractivity contribution < 1.29 is 24.1 Å². The van der Waals surface area contributed by atoms with Gasteiger partial charge >= 0.3 is 5.97 Å². The summed E-state index contributed by atoms with van der Waals surface area (Å²) in [7, 11) is 0. The van der Waals surface area contributed by atoms with Gasteiger partial charge < -0.3 is 20.7 Å². The summed E-state index contributed by atoms with van der Waals surface area (Å²) in [6.07, 6.45) is -4.30. The number of carboxylic acid groups (broad SMARTS) is 1. The molecule has 1 fully saturated rings. The van der Waals surface area contributed by atoms with Gasteiger partial charge in [0.05, 0.1) is 6.33 Å². The van der Waals surface area contributed by atoms with Gasteiger partial charge in [0.2, 0.25) is 0 Å². The minimum Gasteiger partial charge on any atom is -0.479 e. The number of carboxylic acids is 1. The predicted molar refractivity (Wildman–Crippen MR) is 62.2 cm³/mol. The molecule has 0 saturated carbocycles. The Hall–Kier alpha value is -2.33. The normalized spacial score (nSPS) is 29.9. The highest BCUT2D eigenvalue weighted by atomic mass is 19.1. The number of halogens is 1. The third-order valence-electron chi connectivity index (χ3n) is 3.10. The number of aromatic nitrogens is 4. The van der Waals surface area contributed by atoms with Gasteiger partial charge in [0.1, 0.15) is 17.9 Å². The minimum atomic E-state index is -1.93. The van der Waals surface area contributed by atoms with E-state index in [1.807, 2.05) is 0 Å². The van der Waals surface area contributed by atoms with Crippen molar-refractivity contribution in [1.29, 1.82) is 0 Å². The average molecular weight is 283 g/mol. The van der Waals surface area contributed by atoms with Crippen molar-refractivity contribution in [2.24, 2.45) is 0 Å². The smallest absolute Gasteiger partial charge is 0.335 e. The van der Waals surface area contributed by atoms with Gasteiger partial charge in [0.25, 0.3) is 0 Å². The first-order chi connectivity index (χ1) is 9.50. The number of nitrogen functional groups attached to an aromatic ring is 1. The number of aliphatic hydroxyl groups is 1. The second-order valence-corrected chi connectivity index (χ2v) is 4.30. The molecule has 0 bridgehead atoms. The largest absolute Gasteiger partial charge is 0.479 e. The van der Waals surface area contributed by atoms with Gasteiger partial charge in [-0.05, 0) is 0 Å². The van der Waals surface area contributed by atoms with Crippen LogP contribution in [0.25, 0.3) is 11.2 Å². The van der Waals surface area contributed by atoms with E-state index >= 15 is 0 Å². The maximum absolute atomic E-state index is 14.0. The molecule has 3 rings (SSSR count). The number of aliphatic carboxylic acids is 1. The molecule has 2 aromatic heterocycles. The molecule has 0 amide bonds. The Morgan fingerprint density at radius 2 is 2.20 bits per heavy atom. The zero-order valence-corrected chi connectivity index (χ0v) is 9.92. The minimum absolute atomic E-state index is 0.109. The number of hydrogen-bond donors (Lipinski definition) is 3. The first-order valence-electron chi connectivity index (χ1n) is 5.64. The molecule has 4 N–H and O–H groups in total. The molecule has 0 unspecified atom stereocenters. The number of rotatable bonds is 2. The fourth-order valence-electron chi connectivity index (χ4n) is 2.12. The lowest BCUT2D eigenvalue weighted by Gasteiger charge is -2.14. The SMILES string of the molecule is Nc1ncnc2c1ncn2[C@@H]1O[C@H](C(=O)O)[C@@H](O)[C@@H]1F. The highest BCUT2D eigenvalue weighted by molar-refractivity contribution is 5.81. The zero-order chi connectivity index (χ0) is 14.4. The van der Waals surface area contributed by atoms with E-state index in [1.165, 1.54) is 17.2 Å². The molecule has 0 aliphatic carbocycles. The summed E-state index contributed by atoms with van der Waals surface area (Å²) in [5.74, 6) is -1.33. The van der Waals surface area contributed by atoms with Crippen molar-refractivity contribution in [2.75, 3.05) is 5.73 Å². The standard InChI is InChI=1S/C10H10FN5O4/c11-3-5(17)6(10(18)19)20-9(3)16-2-15-4-7(12)13-1-14-8(4)16/h1-3,5-6,9,17H,(H,18,19)(H2,12,13,14)/t3-,5-,6-,9+/m0/s1. The summed E-state index contributed by atoms with van der Waals surface area (Å²) in [6.45, 7) is 0. The molecule has 0 aromatic carbocycles. The average Bonchev–Trinajstić information content (AvgIpc) is 2.94. The number of fused-ring (bicyclic) bond motifs is 1. The van der Waals surface area contributed by atoms with Crippen molar-refractivity contribution >= 4 is 23.0 Å². The van der Waals surface area contributed by atoms with Gasteiger partial charge in [0.15, 0.2) is 30.0 Å². The van der Waals surface area contributed by atoms with Gasteiger partial charge in [-0.25, -0.2) is 24.1 Å². The van der Waals surface area contributed by atoms with Crippen LogP contribution in [-0.4, -0.2) is 54.1 Å². The molecule has 1 aliphatic rings. The molecule has 9 nitrogen and oxygen atoms in total. The third kappa shape index (κ3) is 1.69. The van der Waals surface area contributed by atoms with Crippen LogP contribution in [-0.2, 0) is 9.53 Å². The number of hydrogen-bond acceptors (Lipinski definition) is 7. The lowest BCUT2D eigenvalue weighted by molar-refractivity contribution is -0.155. The number of aliphatic hydroxyl groups excluding tert-OH is 1. The molecule has 1 saturated heterocycles. The molecular weight excluding hydrogens is 273 g/mol. The summed E-state index contributed by atoms with van der Waals surface area (Å²) in [5.41, 5.74) is 6.05. The Morgan fingerprint density at radius 3 is 2.85 bits per heavy atom. The predicted octanol–water partition coefficient (Wildman–Crippen LogP) is -0.910.